The van der Waals surface area contributed by atoms with Gasteiger partial charge in [-0.05, 0) is 57.2 Å². The van der Waals surface area contributed by atoms with Gasteiger partial charge < -0.3 is 14.8 Å². The SMILES string of the molecule is Cc1nc2ccc(C(=O)N3CCN(c4ccc5c(=O)n(C(C)C)cnc5c4)CC3)cc2[nH]1. The Labute approximate surface area is 185 Å². The Morgan fingerprint density at radius 3 is 2.56 bits per heavy atom. The first kappa shape index (κ1) is 20.2. The molecule has 0 radical (unpaired) electrons. The number of benzene rings is 2. The van der Waals surface area contributed by atoms with Gasteiger partial charge in [-0.15, -0.1) is 0 Å². The quantitative estimate of drug-likeness (QED) is 0.540. The molecule has 4 aromatic rings. The van der Waals surface area contributed by atoms with Crippen LogP contribution < -0.4 is 10.5 Å². The number of H-pyrrole nitrogens is 1. The van der Waals surface area contributed by atoms with E-state index in [0.29, 0.717) is 29.6 Å². The van der Waals surface area contributed by atoms with E-state index in [2.05, 4.69) is 19.9 Å². The topological polar surface area (TPSA) is 87.1 Å². The van der Waals surface area contributed by atoms with Crippen molar-refractivity contribution in [1.29, 1.82) is 0 Å². The number of rotatable bonds is 3. The summed E-state index contributed by atoms with van der Waals surface area (Å²) in [5.74, 6) is 0.874. The molecule has 0 unspecified atom stereocenters. The number of aromatic amines is 1. The molecule has 0 aliphatic carbocycles. The van der Waals surface area contributed by atoms with Crippen molar-refractivity contribution in [3.8, 4) is 0 Å². The number of hydrogen-bond donors (Lipinski definition) is 1. The second-order valence-corrected chi connectivity index (χ2v) is 8.59. The molecule has 1 aliphatic heterocycles. The molecule has 0 atom stereocenters. The fourth-order valence-electron chi connectivity index (χ4n) is 4.31. The number of nitrogens with zero attached hydrogens (tertiary/aromatic N) is 5. The van der Waals surface area contributed by atoms with Crippen molar-refractivity contribution in [2.45, 2.75) is 26.8 Å². The third kappa shape index (κ3) is 3.51. The predicted molar refractivity (Wildman–Crippen MR) is 125 cm³/mol. The number of carbonyl (C=O) groups excluding carboxylic acids is 1. The Bertz CT molecular complexity index is 1380. The smallest absolute Gasteiger partial charge is 0.261 e. The van der Waals surface area contributed by atoms with Crippen LogP contribution in [0.3, 0.4) is 0 Å². The second kappa shape index (κ2) is 7.78. The van der Waals surface area contributed by atoms with Crippen molar-refractivity contribution in [2.24, 2.45) is 0 Å². The van der Waals surface area contributed by atoms with E-state index in [9.17, 15) is 9.59 Å². The molecule has 1 amide bonds. The molecule has 8 heteroatoms. The number of piperazine rings is 1. The summed E-state index contributed by atoms with van der Waals surface area (Å²) in [5.41, 5.74) is 4.13. The van der Waals surface area contributed by atoms with Gasteiger partial charge in [0, 0.05) is 43.5 Å². The molecule has 164 valence electrons. The summed E-state index contributed by atoms with van der Waals surface area (Å²) >= 11 is 0. The summed E-state index contributed by atoms with van der Waals surface area (Å²) in [5, 5.41) is 0.628. The van der Waals surface area contributed by atoms with Crippen LogP contribution in [-0.4, -0.2) is 56.5 Å². The number of nitrogens with one attached hydrogen (secondary N) is 1. The molecule has 2 aromatic carbocycles. The fraction of sp³-hybridized carbons (Fsp3) is 0.333. The molecular formula is C24H26N6O2. The van der Waals surface area contributed by atoms with Crippen LogP contribution in [0.4, 0.5) is 5.69 Å². The normalized spacial score (nSPS) is 14.6. The monoisotopic (exact) mass is 430 g/mol. The zero-order chi connectivity index (χ0) is 22.4. The van der Waals surface area contributed by atoms with Crippen LogP contribution in [0.2, 0.25) is 0 Å². The number of imidazole rings is 1. The van der Waals surface area contributed by atoms with Gasteiger partial charge in [-0.1, -0.05) is 0 Å². The summed E-state index contributed by atoms with van der Waals surface area (Å²) < 4.78 is 1.65. The lowest BCUT2D eigenvalue weighted by Gasteiger charge is -2.36. The number of aromatic nitrogens is 4. The fourth-order valence-corrected chi connectivity index (χ4v) is 4.31. The Kier molecular flexibility index (Phi) is 4.92. The average molecular weight is 431 g/mol. The molecule has 1 aliphatic rings. The van der Waals surface area contributed by atoms with Crippen LogP contribution >= 0.6 is 0 Å². The summed E-state index contributed by atoms with van der Waals surface area (Å²) in [6.07, 6.45) is 1.62. The maximum atomic E-state index is 13.0. The Morgan fingerprint density at radius 2 is 1.81 bits per heavy atom. The third-order valence-electron chi connectivity index (χ3n) is 6.10. The van der Waals surface area contributed by atoms with Crippen molar-refractivity contribution in [3.63, 3.8) is 0 Å². The predicted octanol–water partition coefficient (Wildman–Crippen LogP) is 3.12. The van der Waals surface area contributed by atoms with Gasteiger partial charge in [0.05, 0.1) is 28.3 Å². The van der Waals surface area contributed by atoms with Crippen molar-refractivity contribution in [3.05, 3.63) is 64.5 Å². The van der Waals surface area contributed by atoms with Crippen molar-refractivity contribution in [2.75, 3.05) is 31.1 Å². The summed E-state index contributed by atoms with van der Waals surface area (Å²) in [6.45, 7) is 8.58. The van der Waals surface area contributed by atoms with Gasteiger partial charge in [-0.25, -0.2) is 9.97 Å². The van der Waals surface area contributed by atoms with Gasteiger partial charge in [0.2, 0.25) is 0 Å². The van der Waals surface area contributed by atoms with E-state index in [1.165, 1.54) is 0 Å². The Hall–Kier alpha value is -3.68. The highest BCUT2D eigenvalue weighted by Crippen LogP contribution is 2.22. The van der Waals surface area contributed by atoms with Gasteiger partial charge in [0.1, 0.15) is 5.82 Å². The molecule has 8 nitrogen and oxygen atoms in total. The zero-order valence-electron chi connectivity index (χ0n) is 18.5. The van der Waals surface area contributed by atoms with E-state index in [4.69, 9.17) is 0 Å². The molecule has 32 heavy (non-hydrogen) atoms. The van der Waals surface area contributed by atoms with Gasteiger partial charge >= 0.3 is 0 Å². The van der Waals surface area contributed by atoms with Crippen LogP contribution in [0, 0.1) is 6.92 Å². The molecular weight excluding hydrogens is 404 g/mol. The highest BCUT2D eigenvalue weighted by atomic mass is 16.2. The molecule has 5 rings (SSSR count). The number of carbonyl (C=O) groups is 1. The van der Waals surface area contributed by atoms with Crippen LogP contribution in [0.5, 0.6) is 0 Å². The molecule has 0 bridgehead atoms. The number of anilines is 1. The Morgan fingerprint density at radius 1 is 1.03 bits per heavy atom. The molecule has 3 heterocycles. The highest BCUT2D eigenvalue weighted by molar-refractivity contribution is 5.97. The molecule has 0 spiro atoms. The van der Waals surface area contributed by atoms with Gasteiger partial charge in [-0.3, -0.25) is 14.2 Å². The van der Waals surface area contributed by atoms with E-state index in [0.717, 1.165) is 35.6 Å². The summed E-state index contributed by atoms with van der Waals surface area (Å²) in [4.78, 5) is 41.9. The number of aryl methyl sites for hydroxylation is 1. The minimum absolute atomic E-state index is 0.0172. The number of hydrogen-bond acceptors (Lipinski definition) is 5. The van der Waals surface area contributed by atoms with E-state index in [1.807, 2.05) is 62.1 Å². The summed E-state index contributed by atoms with van der Waals surface area (Å²) in [7, 11) is 0. The number of fused-ring (bicyclic) bond motifs is 2. The molecule has 1 N–H and O–H groups in total. The van der Waals surface area contributed by atoms with E-state index < -0.39 is 0 Å². The third-order valence-corrected chi connectivity index (χ3v) is 6.10. The maximum Gasteiger partial charge on any atom is 0.261 e. The van der Waals surface area contributed by atoms with Gasteiger partial charge in [0.25, 0.3) is 11.5 Å². The zero-order valence-corrected chi connectivity index (χ0v) is 18.5. The van der Waals surface area contributed by atoms with Crippen LogP contribution in [0.15, 0.2) is 47.5 Å². The minimum Gasteiger partial charge on any atom is -0.368 e. The van der Waals surface area contributed by atoms with Crippen molar-refractivity contribution >= 4 is 33.5 Å². The van der Waals surface area contributed by atoms with Gasteiger partial charge in [-0.2, -0.15) is 0 Å². The first-order valence-electron chi connectivity index (χ1n) is 10.9. The largest absolute Gasteiger partial charge is 0.368 e. The van der Waals surface area contributed by atoms with Gasteiger partial charge in [0.15, 0.2) is 0 Å². The maximum absolute atomic E-state index is 13.0. The average Bonchev–Trinajstić information content (AvgIpc) is 3.17. The van der Waals surface area contributed by atoms with E-state index >= 15 is 0 Å². The number of amides is 1. The van der Waals surface area contributed by atoms with E-state index in [-0.39, 0.29) is 17.5 Å². The Balaban J connectivity index is 1.31. The molecule has 0 saturated carbocycles. The minimum atomic E-state index is -0.0172. The molecule has 1 fully saturated rings. The van der Waals surface area contributed by atoms with E-state index in [1.54, 1.807) is 10.9 Å². The molecule has 2 aromatic heterocycles. The van der Waals surface area contributed by atoms with Crippen LogP contribution in [-0.2, 0) is 0 Å². The second-order valence-electron chi connectivity index (χ2n) is 8.59. The van der Waals surface area contributed by atoms with Crippen LogP contribution in [0.1, 0.15) is 36.1 Å². The molecule has 1 saturated heterocycles. The lowest BCUT2D eigenvalue weighted by molar-refractivity contribution is 0.0747. The van der Waals surface area contributed by atoms with Crippen molar-refractivity contribution in [1.82, 2.24) is 24.4 Å². The first-order chi connectivity index (χ1) is 15.4. The van der Waals surface area contributed by atoms with Crippen molar-refractivity contribution < 1.29 is 4.79 Å². The lowest BCUT2D eigenvalue weighted by atomic mass is 10.1. The standard InChI is InChI=1S/C24H26N6O2/c1-15(2)30-14-25-21-13-18(5-6-19(21)24(30)32)28-8-10-29(11-9-28)23(31)17-4-7-20-22(12-17)27-16(3)26-20/h4-7,12-15H,8-11H2,1-3H3,(H,26,27). The first-order valence-corrected chi connectivity index (χ1v) is 10.9. The van der Waals surface area contributed by atoms with Crippen LogP contribution in [0.25, 0.3) is 21.9 Å². The highest BCUT2D eigenvalue weighted by Gasteiger charge is 2.23. The summed E-state index contributed by atoms with van der Waals surface area (Å²) in [6, 6.07) is 11.5. The lowest BCUT2D eigenvalue weighted by Crippen LogP contribution is -2.48.